The Morgan fingerprint density at radius 2 is 1.53 bits per heavy atom. The van der Waals surface area contributed by atoms with Gasteiger partial charge in [0, 0.05) is 47.4 Å². The number of likely N-dealkylation sites (N-methyl/N-ethyl adjacent to an activating group) is 1. The number of carbonyl (C=O) groups excluding carboxylic acids is 4. The van der Waals surface area contributed by atoms with Gasteiger partial charge in [0.25, 0.3) is 5.91 Å². The predicted octanol–water partition coefficient (Wildman–Crippen LogP) is 1.87. The van der Waals surface area contributed by atoms with Gasteiger partial charge in [-0.2, -0.15) is 0 Å². The van der Waals surface area contributed by atoms with Gasteiger partial charge in [0.2, 0.25) is 5.95 Å². The molecule has 1 aliphatic rings. The molecule has 0 spiro atoms. The number of ketones is 2. The fourth-order valence-corrected chi connectivity index (χ4v) is 3.32. The number of aromatic nitrogens is 2. The maximum absolute atomic E-state index is 12.8. The minimum atomic E-state index is -0.627. The molecule has 1 amide bonds. The summed E-state index contributed by atoms with van der Waals surface area (Å²) in [6.07, 6.45) is 3.10. The number of hydrogen-bond donors (Lipinski definition) is 1. The molecule has 0 saturated heterocycles. The van der Waals surface area contributed by atoms with E-state index in [1.807, 2.05) is 0 Å². The number of nitrogens with zero attached hydrogens (tertiary/aromatic N) is 3. The number of nitrogens with one attached hydrogen (secondary N) is 1. The van der Waals surface area contributed by atoms with Crippen LogP contribution in [0.3, 0.4) is 0 Å². The van der Waals surface area contributed by atoms with Crippen molar-refractivity contribution in [2.75, 3.05) is 30.4 Å². The van der Waals surface area contributed by atoms with Crippen molar-refractivity contribution < 1.29 is 23.9 Å². The summed E-state index contributed by atoms with van der Waals surface area (Å²) in [5, 5.41) is 2.57. The standard InChI is InChI=1S/C23H18N4O5/c1-27(23-24-9-4-10-25-23)12-20(29)32-13-19(28)26-14-7-8-17-18(11-14)22(31)16-6-3-2-5-15(16)21(17)30/h2-11H,12-13H2,1H3,(H,26,28). The van der Waals surface area contributed by atoms with Gasteiger partial charge in [0.15, 0.2) is 18.2 Å². The zero-order chi connectivity index (χ0) is 22.7. The Morgan fingerprint density at radius 1 is 0.906 bits per heavy atom. The van der Waals surface area contributed by atoms with Gasteiger partial charge < -0.3 is 15.0 Å². The third kappa shape index (κ3) is 4.22. The van der Waals surface area contributed by atoms with Crippen LogP contribution in [0.25, 0.3) is 0 Å². The van der Waals surface area contributed by atoms with Gasteiger partial charge >= 0.3 is 5.97 Å². The van der Waals surface area contributed by atoms with E-state index in [0.29, 0.717) is 22.8 Å². The van der Waals surface area contributed by atoms with E-state index in [9.17, 15) is 19.2 Å². The predicted molar refractivity (Wildman–Crippen MR) is 115 cm³/mol. The van der Waals surface area contributed by atoms with Gasteiger partial charge in [-0.25, -0.2) is 9.97 Å². The summed E-state index contributed by atoms with van der Waals surface area (Å²) in [5.74, 6) is -1.38. The summed E-state index contributed by atoms with van der Waals surface area (Å²) >= 11 is 0. The topological polar surface area (TPSA) is 119 Å². The molecule has 9 nitrogen and oxygen atoms in total. The summed E-state index contributed by atoms with van der Waals surface area (Å²) in [7, 11) is 1.63. The van der Waals surface area contributed by atoms with Crippen LogP contribution in [0.15, 0.2) is 60.9 Å². The van der Waals surface area contributed by atoms with Gasteiger partial charge in [-0.1, -0.05) is 24.3 Å². The zero-order valence-electron chi connectivity index (χ0n) is 17.1. The summed E-state index contributed by atoms with van der Waals surface area (Å²) < 4.78 is 5.00. The van der Waals surface area contributed by atoms with Crippen molar-refractivity contribution in [3.63, 3.8) is 0 Å². The van der Waals surface area contributed by atoms with Crippen LogP contribution in [0, 0.1) is 0 Å². The van der Waals surface area contributed by atoms with E-state index >= 15 is 0 Å². The zero-order valence-corrected chi connectivity index (χ0v) is 17.1. The van der Waals surface area contributed by atoms with Crippen LogP contribution in [0.5, 0.6) is 0 Å². The highest BCUT2D eigenvalue weighted by Crippen LogP contribution is 2.29. The van der Waals surface area contributed by atoms with Crippen molar-refractivity contribution in [3.05, 3.63) is 83.2 Å². The molecule has 0 aliphatic heterocycles. The second-order valence-electron chi connectivity index (χ2n) is 7.08. The van der Waals surface area contributed by atoms with Gasteiger partial charge in [-0.05, 0) is 24.3 Å². The number of rotatable bonds is 6. The Labute approximate surface area is 183 Å². The van der Waals surface area contributed by atoms with Crippen molar-refractivity contribution in [2.45, 2.75) is 0 Å². The molecule has 2 aromatic carbocycles. The van der Waals surface area contributed by atoms with Crippen LogP contribution in [-0.2, 0) is 14.3 Å². The van der Waals surface area contributed by atoms with Crippen molar-refractivity contribution in [1.82, 2.24) is 9.97 Å². The van der Waals surface area contributed by atoms with Crippen LogP contribution >= 0.6 is 0 Å². The number of benzene rings is 2. The van der Waals surface area contributed by atoms with E-state index < -0.39 is 18.5 Å². The minimum absolute atomic E-state index is 0.133. The van der Waals surface area contributed by atoms with Crippen molar-refractivity contribution in [3.8, 4) is 0 Å². The van der Waals surface area contributed by atoms with E-state index in [0.717, 1.165) is 0 Å². The van der Waals surface area contributed by atoms with Gasteiger partial charge in [-0.3, -0.25) is 19.2 Å². The molecule has 0 saturated carbocycles. The summed E-state index contributed by atoms with van der Waals surface area (Å²) in [6, 6.07) is 12.7. The van der Waals surface area contributed by atoms with Crippen LogP contribution in [0.1, 0.15) is 31.8 Å². The molecule has 1 aromatic heterocycles. The van der Waals surface area contributed by atoms with Crippen LogP contribution in [-0.4, -0.2) is 53.6 Å². The molecule has 0 fully saturated rings. The summed E-state index contributed by atoms with van der Waals surface area (Å²) in [6.45, 7) is -0.638. The van der Waals surface area contributed by atoms with E-state index in [1.54, 1.807) is 49.8 Å². The molecule has 1 heterocycles. The lowest BCUT2D eigenvalue weighted by Crippen LogP contribution is -2.30. The van der Waals surface area contributed by atoms with E-state index in [1.165, 1.54) is 23.1 Å². The van der Waals surface area contributed by atoms with Crippen LogP contribution < -0.4 is 10.2 Å². The number of carbonyl (C=O) groups is 4. The number of hydrogen-bond acceptors (Lipinski definition) is 8. The lowest BCUT2D eigenvalue weighted by Gasteiger charge is -2.18. The first-order chi connectivity index (χ1) is 15.4. The first-order valence-corrected chi connectivity index (χ1v) is 9.70. The largest absolute Gasteiger partial charge is 0.454 e. The second-order valence-corrected chi connectivity index (χ2v) is 7.08. The lowest BCUT2D eigenvalue weighted by atomic mass is 9.84. The Hall–Kier alpha value is -4.40. The molecule has 4 rings (SSSR count). The third-order valence-corrected chi connectivity index (χ3v) is 4.83. The van der Waals surface area contributed by atoms with E-state index in [4.69, 9.17) is 4.74 Å². The number of anilines is 2. The van der Waals surface area contributed by atoms with Crippen LogP contribution in [0.4, 0.5) is 11.6 Å². The maximum atomic E-state index is 12.8. The lowest BCUT2D eigenvalue weighted by molar-refractivity contribution is -0.145. The van der Waals surface area contributed by atoms with Crippen molar-refractivity contribution in [1.29, 1.82) is 0 Å². The van der Waals surface area contributed by atoms with Gasteiger partial charge in [0.1, 0.15) is 6.54 Å². The highest BCUT2D eigenvalue weighted by atomic mass is 16.5. The Bertz CT molecular complexity index is 1230. The fourth-order valence-electron chi connectivity index (χ4n) is 3.32. The molecule has 1 N–H and O–H groups in total. The summed E-state index contributed by atoms with van der Waals surface area (Å²) in [5.41, 5.74) is 1.51. The molecule has 1 aliphatic carbocycles. The maximum Gasteiger partial charge on any atom is 0.326 e. The molecule has 0 atom stereocenters. The number of ether oxygens (including phenoxy) is 1. The molecule has 3 aromatic rings. The highest BCUT2D eigenvalue weighted by Gasteiger charge is 2.29. The SMILES string of the molecule is CN(CC(=O)OCC(=O)Nc1ccc2c(c1)C(=O)c1ccccc1C2=O)c1ncccn1. The highest BCUT2D eigenvalue weighted by molar-refractivity contribution is 6.28. The van der Waals surface area contributed by atoms with E-state index in [-0.39, 0.29) is 29.2 Å². The van der Waals surface area contributed by atoms with Crippen LogP contribution in [0.2, 0.25) is 0 Å². The van der Waals surface area contributed by atoms with Crippen molar-refractivity contribution >= 4 is 35.1 Å². The average Bonchev–Trinajstić information content (AvgIpc) is 2.82. The van der Waals surface area contributed by atoms with Gasteiger partial charge in [0.05, 0.1) is 0 Å². The Kier molecular flexibility index (Phi) is 5.71. The van der Waals surface area contributed by atoms with Crippen molar-refractivity contribution in [2.24, 2.45) is 0 Å². The second kappa shape index (κ2) is 8.76. The molecule has 0 unspecified atom stereocenters. The monoisotopic (exact) mass is 430 g/mol. The Morgan fingerprint density at radius 3 is 2.22 bits per heavy atom. The Balaban J connectivity index is 1.37. The van der Waals surface area contributed by atoms with Gasteiger partial charge in [-0.15, -0.1) is 0 Å². The third-order valence-electron chi connectivity index (χ3n) is 4.83. The fraction of sp³-hybridized carbons (Fsp3) is 0.130. The number of esters is 1. The van der Waals surface area contributed by atoms with E-state index in [2.05, 4.69) is 15.3 Å². The normalized spacial score (nSPS) is 11.9. The molecule has 0 radical (unpaired) electrons. The smallest absolute Gasteiger partial charge is 0.326 e. The first-order valence-electron chi connectivity index (χ1n) is 9.70. The molecule has 160 valence electrons. The minimum Gasteiger partial charge on any atom is -0.454 e. The number of amides is 1. The first kappa shape index (κ1) is 20.9. The molecular weight excluding hydrogens is 412 g/mol. The average molecular weight is 430 g/mol. The molecular formula is C23H18N4O5. The molecule has 32 heavy (non-hydrogen) atoms. The molecule has 0 bridgehead atoms. The summed E-state index contributed by atoms with van der Waals surface area (Å²) in [4.78, 5) is 59.1. The molecule has 9 heteroatoms. The number of fused-ring (bicyclic) bond motifs is 2. The quantitative estimate of drug-likeness (QED) is 0.461.